The minimum absolute atomic E-state index is 0.0601. The van der Waals surface area contributed by atoms with Crippen molar-refractivity contribution in [1.29, 1.82) is 0 Å². The van der Waals surface area contributed by atoms with Gasteiger partial charge in [0.25, 0.3) is 5.91 Å². The lowest BCUT2D eigenvalue weighted by Crippen LogP contribution is -2.27. The van der Waals surface area contributed by atoms with Crippen molar-refractivity contribution in [3.05, 3.63) is 71.1 Å². The molecule has 4 heteroatoms. The quantitative estimate of drug-likeness (QED) is 0.475. The zero-order chi connectivity index (χ0) is 17.9. The van der Waals surface area contributed by atoms with E-state index in [0.29, 0.717) is 9.23 Å². The van der Waals surface area contributed by atoms with Crippen LogP contribution in [0.3, 0.4) is 0 Å². The summed E-state index contributed by atoms with van der Waals surface area (Å²) in [7, 11) is 0. The zero-order valence-corrected chi connectivity index (χ0v) is 16.2. The van der Waals surface area contributed by atoms with Crippen molar-refractivity contribution in [2.75, 3.05) is 4.90 Å². The molecule has 3 rings (SSSR count). The van der Waals surface area contributed by atoms with Crippen molar-refractivity contribution in [3.63, 3.8) is 0 Å². The van der Waals surface area contributed by atoms with Gasteiger partial charge in [-0.15, -0.1) is 0 Å². The molecule has 0 spiro atoms. The Kier molecular flexibility index (Phi) is 9.05. The monoisotopic (exact) mass is 357 g/mol. The Balaban J connectivity index is 0.000000671. The van der Waals surface area contributed by atoms with Crippen molar-refractivity contribution in [2.24, 2.45) is 0 Å². The summed E-state index contributed by atoms with van der Waals surface area (Å²) < 4.78 is 0.573. The maximum Gasteiger partial charge on any atom is 0.270 e. The molecule has 2 aromatic carbocycles. The Hall–Kier alpha value is -1.91. The van der Waals surface area contributed by atoms with Gasteiger partial charge in [-0.3, -0.25) is 9.69 Å². The van der Waals surface area contributed by atoms with Gasteiger partial charge in [-0.2, -0.15) is 0 Å². The first kappa shape index (κ1) is 20.1. The van der Waals surface area contributed by atoms with Gasteiger partial charge in [-0.05, 0) is 23.8 Å². The van der Waals surface area contributed by atoms with E-state index in [1.165, 1.54) is 11.8 Å². The normalized spacial score (nSPS) is 14.7. The topological polar surface area (TPSA) is 20.3 Å². The van der Waals surface area contributed by atoms with Gasteiger partial charge in [-0.25, -0.2) is 0 Å². The van der Waals surface area contributed by atoms with Gasteiger partial charge >= 0.3 is 0 Å². The van der Waals surface area contributed by atoms with Crippen LogP contribution in [0.1, 0.15) is 33.3 Å². The van der Waals surface area contributed by atoms with Crippen LogP contribution in [-0.4, -0.2) is 10.2 Å². The van der Waals surface area contributed by atoms with Crippen LogP contribution in [0.25, 0.3) is 6.08 Å². The number of thioether (sulfide) groups is 1. The molecule has 1 heterocycles. The summed E-state index contributed by atoms with van der Waals surface area (Å²) in [5, 5.41) is 0. The molecular weight excluding hydrogens is 334 g/mol. The van der Waals surface area contributed by atoms with Crippen LogP contribution in [0.15, 0.2) is 65.6 Å². The first-order valence-corrected chi connectivity index (χ1v) is 9.36. The molecule has 1 fully saturated rings. The molecule has 126 valence electrons. The first-order chi connectivity index (χ1) is 11.8. The number of rotatable bonds is 2. The fourth-order valence-corrected chi connectivity index (χ4v) is 3.27. The van der Waals surface area contributed by atoms with E-state index in [-0.39, 0.29) is 5.91 Å². The third-order valence-corrected chi connectivity index (χ3v) is 4.21. The highest BCUT2D eigenvalue weighted by atomic mass is 32.2. The Morgan fingerprint density at radius 2 is 1.38 bits per heavy atom. The van der Waals surface area contributed by atoms with E-state index in [0.717, 1.165) is 11.3 Å². The van der Waals surface area contributed by atoms with Crippen LogP contribution < -0.4 is 4.90 Å². The molecule has 1 aliphatic rings. The fraction of sp³-hybridized carbons (Fsp3) is 0.200. The average molecular weight is 358 g/mol. The first-order valence-electron chi connectivity index (χ1n) is 8.14. The minimum atomic E-state index is -0.0601. The molecule has 1 amide bonds. The summed E-state index contributed by atoms with van der Waals surface area (Å²) in [6.45, 7) is 8.00. The predicted octanol–water partition coefficient (Wildman–Crippen LogP) is 6.14. The van der Waals surface area contributed by atoms with E-state index < -0.39 is 0 Å². The highest BCUT2D eigenvalue weighted by molar-refractivity contribution is 8.27. The van der Waals surface area contributed by atoms with Gasteiger partial charge in [0.1, 0.15) is 0 Å². The van der Waals surface area contributed by atoms with Crippen molar-refractivity contribution in [3.8, 4) is 0 Å². The molecule has 0 radical (unpaired) electrons. The van der Waals surface area contributed by atoms with Gasteiger partial charge in [0.15, 0.2) is 4.32 Å². The summed E-state index contributed by atoms with van der Waals surface area (Å²) >= 11 is 6.66. The number of anilines is 1. The molecule has 2 nitrogen and oxygen atoms in total. The van der Waals surface area contributed by atoms with Gasteiger partial charge < -0.3 is 0 Å². The smallest absolute Gasteiger partial charge is 0.268 e. The summed E-state index contributed by atoms with van der Waals surface area (Å²) in [4.78, 5) is 14.7. The number of benzene rings is 2. The highest BCUT2D eigenvalue weighted by Crippen LogP contribution is 2.35. The Morgan fingerprint density at radius 3 is 1.92 bits per heavy atom. The molecule has 0 N–H and O–H groups in total. The standard InChI is InChI=1S/C16H11NOS2.2C2H6/c18-15-14(11-12-7-3-1-4-8-12)20-16(19)17(15)13-9-5-2-6-10-13;2*1-2/h1-11H;2*1-2H3/b14-11-;;. The van der Waals surface area contributed by atoms with Crippen molar-refractivity contribution in [2.45, 2.75) is 27.7 Å². The summed E-state index contributed by atoms with van der Waals surface area (Å²) in [5.41, 5.74) is 1.81. The average Bonchev–Trinajstić information content (AvgIpc) is 2.93. The molecule has 0 bridgehead atoms. The second-order valence-electron chi connectivity index (χ2n) is 4.26. The van der Waals surface area contributed by atoms with Crippen LogP contribution in [0, 0.1) is 0 Å². The molecule has 0 saturated carbocycles. The molecule has 0 atom stereocenters. The number of carbonyl (C=O) groups is 1. The van der Waals surface area contributed by atoms with Gasteiger partial charge in [0, 0.05) is 0 Å². The van der Waals surface area contributed by atoms with Crippen LogP contribution in [-0.2, 0) is 4.79 Å². The Morgan fingerprint density at radius 1 is 0.875 bits per heavy atom. The molecule has 0 aliphatic carbocycles. The molecule has 0 unspecified atom stereocenters. The minimum Gasteiger partial charge on any atom is -0.268 e. The lowest BCUT2D eigenvalue weighted by Gasteiger charge is -2.13. The summed E-state index contributed by atoms with van der Waals surface area (Å²) in [5.74, 6) is -0.0601. The SMILES string of the molecule is CC.CC.O=C1/C(=C/c2ccccc2)SC(=S)N1c1ccccc1. The number of para-hydroxylation sites is 1. The van der Waals surface area contributed by atoms with E-state index >= 15 is 0 Å². The van der Waals surface area contributed by atoms with E-state index in [1.54, 1.807) is 4.90 Å². The lowest BCUT2D eigenvalue weighted by molar-refractivity contribution is -0.113. The number of nitrogens with zero attached hydrogens (tertiary/aromatic N) is 1. The van der Waals surface area contributed by atoms with E-state index in [1.807, 2.05) is 94.4 Å². The van der Waals surface area contributed by atoms with Crippen molar-refractivity contribution >= 4 is 46.0 Å². The zero-order valence-electron chi connectivity index (χ0n) is 14.5. The molecule has 2 aromatic rings. The van der Waals surface area contributed by atoms with Crippen LogP contribution >= 0.6 is 24.0 Å². The summed E-state index contributed by atoms with van der Waals surface area (Å²) in [6.07, 6.45) is 1.88. The lowest BCUT2D eigenvalue weighted by atomic mass is 10.2. The van der Waals surface area contributed by atoms with Crippen LogP contribution in [0.2, 0.25) is 0 Å². The van der Waals surface area contributed by atoms with Gasteiger partial charge in [0.2, 0.25) is 0 Å². The maximum atomic E-state index is 12.5. The second-order valence-corrected chi connectivity index (χ2v) is 5.94. The van der Waals surface area contributed by atoms with E-state index in [2.05, 4.69) is 0 Å². The second kappa shape index (κ2) is 10.8. The predicted molar refractivity (Wildman–Crippen MR) is 111 cm³/mol. The maximum absolute atomic E-state index is 12.5. The molecule has 24 heavy (non-hydrogen) atoms. The third kappa shape index (κ3) is 5.05. The van der Waals surface area contributed by atoms with Crippen LogP contribution in [0.5, 0.6) is 0 Å². The van der Waals surface area contributed by atoms with Crippen molar-refractivity contribution in [1.82, 2.24) is 0 Å². The van der Waals surface area contributed by atoms with E-state index in [4.69, 9.17) is 12.2 Å². The van der Waals surface area contributed by atoms with Crippen LogP contribution in [0.4, 0.5) is 5.69 Å². The third-order valence-electron chi connectivity index (χ3n) is 2.91. The van der Waals surface area contributed by atoms with Crippen molar-refractivity contribution < 1.29 is 4.79 Å². The number of thiocarbonyl (C=S) groups is 1. The van der Waals surface area contributed by atoms with E-state index in [9.17, 15) is 4.79 Å². The largest absolute Gasteiger partial charge is 0.270 e. The number of carbonyl (C=O) groups excluding carboxylic acids is 1. The fourth-order valence-electron chi connectivity index (χ4n) is 1.97. The number of hydrogen-bond donors (Lipinski definition) is 0. The van der Waals surface area contributed by atoms with Gasteiger partial charge in [0.05, 0.1) is 10.6 Å². The molecular formula is C20H23NOS2. The molecule has 1 aliphatic heterocycles. The summed E-state index contributed by atoms with van der Waals surface area (Å²) in [6, 6.07) is 19.3. The van der Waals surface area contributed by atoms with Gasteiger partial charge in [-0.1, -0.05) is 100 Å². The molecule has 0 aromatic heterocycles. The Bertz CT molecular complexity index is 681. The number of amides is 1. The highest BCUT2D eigenvalue weighted by Gasteiger charge is 2.32. The Labute approximate surface area is 154 Å². The number of hydrogen-bond acceptors (Lipinski definition) is 3. The molecule has 1 saturated heterocycles.